The number of hydrogen-bond acceptors (Lipinski definition) is 6. The molecule has 0 radical (unpaired) electrons. The van der Waals surface area contributed by atoms with Gasteiger partial charge in [-0.25, -0.2) is 14.4 Å². The third kappa shape index (κ3) is 4.49. The van der Waals surface area contributed by atoms with Crippen LogP contribution in [-0.4, -0.2) is 56.6 Å². The van der Waals surface area contributed by atoms with Gasteiger partial charge in [0.1, 0.15) is 25.8 Å². The molecular weight excluding hydrogens is 382 g/mol. The molecule has 2 heterocycles. The lowest BCUT2D eigenvalue weighted by atomic mass is 9.96. The lowest BCUT2D eigenvalue weighted by molar-refractivity contribution is 0.157. The van der Waals surface area contributed by atoms with Crippen LogP contribution in [-0.2, 0) is 0 Å². The van der Waals surface area contributed by atoms with E-state index in [0.29, 0.717) is 41.0 Å². The standard InChI is InChI=1S/C22H26BFN4O2/c1-28-7-5-14(6-8-28)12-30-21-11-19-16(10-20(21)29-2)22(26-13-25-19)27-18-4-3-15(23)9-17(18)24/h3-4,9-11,13-14H,5-8,12,23H2,1-2H3,(H,25,26,27). The van der Waals surface area contributed by atoms with Crippen LogP contribution in [0, 0.1) is 11.7 Å². The van der Waals surface area contributed by atoms with Gasteiger partial charge in [-0.3, -0.25) is 0 Å². The molecule has 0 saturated carbocycles. The van der Waals surface area contributed by atoms with Gasteiger partial charge in [0, 0.05) is 11.5 Å². The predicted octanol–water partition coefficient (Wildman–Crippen LogP) is 2.50. The molecule has 0 amide bonds. The van der Waals surface area contributed by atoms with Crippen LogP contribution in [0.1, 0.15) is 12.8 Å². The molecule has 1 N–H and O–H groups in total. The number of piperidine rings is 1. The Hall–Kier alpha value is -2.87. The van der Waals surface area contributed by atoms with Crippen molar-refractivity contribution in [3.63, 3.8) is 0 Å². The maximum atomic E-state index is 14.3. The number of aromatic nitrogens is 2. The molecule has 0 unspecified atom stereocenters. The van der Waals surface area contributed by atoms with Gasteiger partial charge in [-0.2, -0.15) is 0 Å². The van der Waals surface area contributed by atoms with E-state index < -0.39 is 0 Å². The predicted molar refractivity (Wildman–Crippen MR) is 120 cm³/mol. The molecule has 1 aliphatic heterocycles. The van der Waals surface area contributed by atoms with E-state index >= 15 is 0 Å². The summed E-state index contributed by atoms with van der Waals surface area (Å²) in [6.45, 7) is 2.85. The maximum Gasteiger partial charge on any atom is 0.163 e. The minimum Gasteiger partial charge on any atom is -0.493 e. The Kier molecular flexibility index (Phi) is 6.04. The van der Waals surface area contributed by atoms with Crippen LogP contribution in [0.2, 0.25) is 0 Å². The van der Waals surface area contributed by atoms with Crippen LogP contribution in [0.3, 0.4) is 0 Å². The maximum absolute atomic E-state index is 14.3. The summed E-state index contributed by atoms with van der Waals surface area (Å²) in [4.78, 5) is 11.0. The summed E-state index contributed by atoms with van der Waals surface area (Å²) in [7, 11) is 5.61. The topological polar surface area (TPSA) is 59.5 Å². The van der Waals surface area contributed by atoms with Gasteiger partial charge in [-0.1, -0.05) is 11.5 Å². The summed E-state index contributed by atoms with van der Waals surface area (Å²) < 4.78 is 26.0. The summed E-state index contributed by atoms with van der Waals surface area (Å²) in [5.41, 5.74) is 1.93. The summed E-state index contributed by atoms with van der Waals surface area (Å²) in [6, 6.07) is 8.75. The van der Waals surface area contributed by atoms with E-state index in [1.54, 1.807) is 13.2 Å². The molecule has 6 nitrogen and oxygen atoms in total. The van der Waals surface area contributed by atoms with Crippen molar-refractivity contribution < 1.29 is 13.9 Å². The first kappa shape index (κ1) is 20.4. The largest absolute Gasteiger partial charge is 0.493 e. The van der Waals surface area contributed by atoms with Gasteiger partial charge in [0.05, 0.1) is 24.9 Å². The zero-order valence-electron chi connectivity index (χ0n) is 17.6. The van der Waals surface area contributed by atoms with Gasteiger partial charge in [0.15, 0.2) is 11.5 Å². The number of ether oxygens (including phenoxy) is 2. The lowest BCUT2D eigenvalue weighted by Gasteiger charge is -2.28. The van der Waals surface area contributed by atoms with Gasteiger partial charge in [0.25, 0.3) is 0 Å². The molecule has 156 valence electrons. The number of nitrogens with zero attached hydrogens (tertiary/aromatic N) is 3. The molecule has 2 aromatic carbocycles. The van der Waals surface area contributed by atoms with Crippen molar-refractivity contribution in [3.05, 3.63) is 42.5 Å². The van der Waals surface area contributed by atoms with Gasteiger partial charge in [0.2, 0.25) is 0 Å². The molecule has 30 heavy (non-hydrogen) atoms. The number of fused-ring (bicyclic) bond motifs is 1. The van der Waals surface area contributed by atoms with Gasteiger partial charge >= 0.3 is 0 Å². The van der Waals surface area contributed by atoms with E-state index in [9.17, 15) is 4.39 Å². The van der Waals surface area contributed by atoms with Crippen molar-refractivity contribution in [1.82, 2.24) is 14.9 Å². The van der Waals surface area contributed by atoms with Gasteiger partial charge in [-0.15, -0.1) is 0 Å². The molecule has 0 bridgehead atoms. The van der Waals surface area contributed by atoms with Crippen molar-refractivity contribution in [3.8, 4) is 11.5 Å². The first-order chi connectivity index (χ1) is 14.5. The number of anilines is 2. The van der Waals surface area contributed by atoms with Crippen LogP contribution in [0.15, 0.2) is 36.7 Å². The highest BCUT2D eigenvalue weighted by Gasteiger charge is 2.19. The van der Waals surface area contributed by atoms with E-state index in [-0.39, 0.29) is 5.82 Å². The fourth-order valence-corrected chi connectivity index (χ4v) is 3.72. The summed E-state index contributed by atoms with van der Waals surface area (Å²) in [6.07, 6.45) is 3.72. The molecule has 1 aliphatic rings. The zero-order valence-corrected chi connectivity index (χ0v) is 17.6. The van der Waals surface area contributed by atoms with Crippen LogP contribution in [0.5, 0.6) is 11.5 Å². The molecule has 0 atom stereocenters. The number of hydrogen-bond donors (Lipinski definition) is 1. The van der Waals surface area contributed by atoms with E-state index in [2.05, 4.69) is 27.2 Å². The Morgan fingerprint density at radius 3 is 2.70 bits per heavy atom. The summed E-state index contributed by atoms with van der Waals surface area (Å²) >= 11 is 0. The Morgan fingerprint density at radius 2 is 1.97 bits per heavy atom. The Balaban J connectivity index is 1.58. The number of likely N-dealkylation sites (tertiary alicyclic amines) is 1. The molecule has 1 saturated heterocycles. The van der Waals surface area contributed by atoms with Crippen LogP contribution >= 0.6 is 0 Å². The van der Waals surface area contributed by atoms with E-state index in [1.165, 1.54) is 12.4 Å². The van der Waals surface area contributed by atoms with E-state index in [0.717, 1.165) is 36.8 Å². The first-order valence-electron chi connectivity index (χ1n) is 10.2. The van der Waals surface area contributed by atoms with Crippen molar-refractivity contribution in [2.75, 3.05) is 39.2 Å². The fraction of sp³-hybridized carbons (Fsp3) is 0.364. The summed E-state index contributed by atoms with van der Waals surface area (Å²) in [5.74, 6) is 2.00. The first-order valence-corrected chi connectivity index (χ1v) is 10.2. The Labute approximate surface area is 176 Å². The highest BCUT2D eigenvalue weighted by molar-refractivity contribution is 6.32. The molecule has 8 heteroatoms. The normalized spacial score (nSPS) is 15.3. The van der Waals surface area contributed by atoms with Crippen LogP contribution in [0.25, 0.3) is 10.9 Å². The van der Waals surface area contributed by atoms with Crippen LogP contribution in [0.4, 0.5) is 15.9 Å². The fourth-order valence-electron chi connectivity index (χ4n) is 3.72. The Morgan fingerprint density at radius 1 is 1.17 bits per heavy atom. The monoisotopic (exact) mass is 408 g/mol. The zero-order chi connectivity index (χ0) is 21.1. The average Bonchev–Trinajstić information content (AvgIpc) is 2.75. The average molecular weight is 408 g/mol. The lowest BCUT2D eigenvalue weighted by Crippen LogP contribution is -2.32. The number of benzene rings is 2. The molecular formula is C22H26BFN4O2. The minimum atomic E-state index is -0.327. The number of rotatable bonds is 6. The molecule has 0 spiro atoms. The van der Waals surface area contributed by atoms with Crippen LogP contribution < -0.4 is 20.3 Å². The second-order valence-electron chi connectivity index (χ2n) is 7.91. The van der Waals surface area contributed by atoms with E-state index in [4.69, 9.17) is 9.47 Å². The minimum absolute atomic E-state index is 0.327. The third-order valence-corrected chi connectivity index (χ3v) is 5.61. The second-order valence-corrected chi connectivity index (χ2v) is 7.91. The SMILES string of the molecule is Bc1ccc(Nc2ncnc3cc(OCC4CCN(C)CC4)c(OC)cc23)c(F)c1. The van der Waals surface area contributed by atoms with Gasteiger partial charge in [-0.05, 0) is 57.1 Å². The number of nitrogens with one attached hydrogen (secondary N) is 1. The number of halogens is 1. The summed E-state index contributed by atoms with van der Waals surface area (Å²) in [5, 5.41) is 3.81. The third-order valence-electron chi connectivity index (χ3n) is 5.61. The molecule has 3 aromatic rings. The van der Waals surface area contributed by atoms with Crippen molar-refractivity contribution >= 4 is 35.7 Å². The molecule has 1 fully saturated rings. The number of methoxy groups -OCH3 is 1. The highest BCUT2D eigenvalue weighted by Crippen LogP contribution is 2.35. The smallest absolute Gasteiger partial charge is 0.163 e. The molecule has 1 aromatic heterocycles. The van der Waals surface area contributed by atoms with Crippen molar-refractivity contribution in [2.45, 2.75) is 12.8 Å². The molecule has 4 rings (SSSR count). The molecule has 0 aliphatic carbocycles. The Bertz CT molecular complexity index is 1040. The highest BCUT2D eigenvalue weighted by atomic mass is 19.1. The van der Waals surface area contributed by atoms with Gasteiger partial charge < -0.3 is 19.7 Å². The quantitative estimate of drug-likeness (QED) is 0.633. The van der Waals surface area contributed by atoms with Crippen molar-refractivity contribution in [2.24, 2.45) is 5.92 Å². The van der Waals surface area contributed by atoms with Crippen molar-refractivity contribution in [1.29, 1.82) is 0 Å². The van der Waals surface area contributed by atoms with E-state index in [1.807, 2.05) is 26.0 Å². The second kappa shape index (κ2) is 8.87.